The summed E-state index contributed by atoms with van der Waals surface area (Å²) < 4.78 is 16.9. The zero-order valence-corrected chi connectivity index (χ0v) is 51.3. The third-order valence-corrected chi connectivity index (χ3v) is 13.6. The van der Waals surface area contributed by atoms with Crippen molar-refractivity contribution in [3.8, 4) is 0 Å². The smallest absolute Gasteiger partial charge is 0.306 e. The highest BCUT2D eigenvalue weighted by Crippen LogP contribution is 2.15. The Morgan fingerprint density at radius 1 is 0.266 bits per heavy atom. The van der Waals surface area contributed by atoms with Crippen LogP contribution in [0.1, 0.15) is 290 Å². The van der Waals surface area contributed by atoms with Crippen LogP contribution in [-0.2, 0) is 28.6 Å². The lowest BCUT2D eigenvalue weighted by molar-refractivity contribution is -0.167. The molecule has 0 aliphatic carbocycles. The summed E-state index contributed by atoms with van der Waals surface area (Å²) in [7, 11) is 0. The summed E-state index contributed by atoms with van der Waals surface area (Å²) in [5.41, 5.74) is 0. The maximum atomic E-state index is 12.9. The van der Waals surface area contributed by atoms with Crippen molar-refractivity contribution in [2.45, 2.75) is 297 Å². The van der Waals surface area contributed by atoms with Crippen molar-refractivity contribution in [2.24, 2.45) is 0 Å². The van der Waals surface area contributed by atoms with Gasteiger partial charge in [-0.1, -0.05) is 283 Å². The summed E-state index contributed by atoms with van der Waals surface area (Å²) in [4.78, 5) is 38.3. The van der Waals surface area contributed by atoms with Gasteiger partial charge in [0.1, 0.15) is 13.2 Å². The first-order valence-corrected chi connectivity index (χ1v) is 32.7. The Morgan fingerprint density at radius 2 is 0.494 bits per heavy atom. The number of rotatable bonds is 58. The first-order valence-electron chi connectivity index (χ1n) is 32.7. The molecule has 0 fully saturated rings. The molecule has 1 atom stereocenters. The molecule has 79 heavy (non-hydrogen) atoms. The predicted molar refractivity (Wildman–Crippen MR) is 343 cm³/mol. The largest absolute Gasteiger partial charge is 0.462 e. The zero-order chi connectivity index (χ0) is 57.1. The Labute approximate surface area is 487 Å². The van der Waals surface area contributed by atoms with Gasteiger partial charge in [-0.05, 0) is 122 Å². The fraction of sp³-hybridized carbons (Fsp3) is 0.658. The fourth-order valence-corrected chi connectivity index (χ4v) is 8.76. The molecule has 0 aromatic heterocycles. The molecule has 0 aliphatic rings. The molecule has 0 aromatic carbocycles. The number of carbonyl (C=O) groups is 3. The number of esters is 3. The van der Waals surface area contributed by atoms with Crippen LogP contribution >= 0.6 is 0 Å². The maximum Gasteiger partial charge on any atom is 0.306 e. The molecule has 1 unspecified atom stereocenters. The summed E-state index contributed by atoms with van der Waals surface area (Å²) >= 11 is 0. The quantitative estimate of drug-likeness (QED) is 0.0261. The molecule has 0 heterocycles. The van der Waals surface area contributed by atoms with Gasteiger partial charge in [0.2, 0.25) is 0 Å². The van der Waals surface area contributed by atoms with E-state index < -0.39 is 6.10 Å². The van der Waals surface area contributed by atoms with E-state index in [1.54, 1.807) is 0 Å². The van der Waals surface area contributed by atoms with E-state index in [-0.39, 0.29) is 31.1 Å². The van der Waals surface area contributed by atoms with Crippen molar-refractivity contribution < 1.29 is 28.6 Å². The van der Waals surface area contributed by atoms with Gasteiger partial charge in [0, 0.05) is 19.3 Å². The van der Waals surface area contributed by atoms with Crippen LogP contribution in [0.2, 0.25) is 0 Å². The average Bonchev–Trinajstić information content (AvgIpc) is 3.45. The lowest BCUT2D eigenvalue weighted by Gasteiger charge is -2.18. The highest BCUT2D eigenvalue weighted by atomic mass is 16.6. The van der Waals surface area contributed by atoms with Gasteiger partial charge in [0.25, 0.3) is 0 Å². The molecule has 448 valence electrons. The second-order valence-corrected chi connectivity index (χ2v) is 21.3. The summed E-state index contributed by atoms with van der Waals surface area (Å²) in [6.45, 7) is 6.48. The third kappa shape index (κ3) is 64.3. The van der Waals surface area contributed by atoms with Crippen molar-refractivity contribution in [1.82, 2.24) is 0 Å². The van der Waals surface area contributed by atoms with E-state index in [4.69, 9.17) is 14.2 Å². The Balaban J connectivity index is 4.40. The number of carbonyl (C=O) groups excluding carboxylic acids is 3. The van der Waals surface area contributed by atoms with Crippen LogP contribution in [0, 0.1) is 0 Å². The molecule has 0 aromatic rings. The number of allylic oxidation sites excluding steroid dienone is 22. The molecule has 0 spiro atoms. The van der Waals surface area contributed by atoms with Gasteiger partial charge in [-0.25, -0.2) is 0 Å². The molecular weight excluding hydrogens is 973 g/mol. The van der Waals surface area contributed by atoms with Crippen LogP contribution in [0.5, 0.6) is 0 Å². The fourth-order valence-electron chi connectivity index (χ4n) is 8.76. The summed E-state index contributed by atoms with van der Waals surface area (Å²) in [5.74, 6) is -0.939. The Morgan fingerprint density at radius 3 is 0.797 bits per heavy atom. The topological polar surface area (TPSA) is 78.9 Å². The van der Waals surface area contributed by atoms with Gasteiger partial charge in [0.05, 0.1) is 0 Å². The highest BCUT2D eigenvalue weighted by molar-refractivity contribution is 5.71. The Hall–Kier alpha value is -4.45. The minimum atomic E-state index is -0.803. The van der Waals surface area contributed by atoms with Crippen molar-refractivity contribution in [3.63, 3.8) is 0 Å². The van der Waals surface area contributed by atoms with E-state index in [9.17, 15) is 14.4 Å². The lowest BCUT2D eigenvalue weighted by Crippen LogP contribution is -2.30. The molecule has 6 heteroatoms. The van der Waals surface area contributed by atoms with Gasteiger partial charge in [0.15, 0.2) is 6.10 Å². The third-order valence-electron chi connectivity index (χ3n) is 13.6. The standard InChI is InChI=1S/C73H120O6/c1-4-7-10-13-16-19-22-25-28-30-31-32-33-34-35-36-37-38-39-40-41-42-43-44-46-48-51-54-57-60-63-66-72(75)78-69-70(68-77-71(74)65-62-59-56-53-50-47-27-24-21-18-15-12-9-6-3)79-73(76)67-64-61-58-55-52-49-45-29-26-23-20-17-14-11-8-5-2/h7,10,16,19-20,23,25,28-29,31-32,34-35,37-38,40-41,43-45,48,51,70H,4-6,8-9,11-15,17-18,21-22,24,26-27,30,33,36,39,42,46-47,49-50,52-69H2,1-3H3/b10-7-,19-16-,23-20-,28-25-,32-31-,35-34-,38-37-,41-40-,44-43-,45-29-,51-48-. The van der Waals surface area contributed by atoms with Gasteiger partial charge >= 0.3 is 17.9 Å². The molecule has 6 nitrogen and oxygen atoms in total. The second-order valence-electron chi connectivity index (χ2n) is 21.3. The van der Waals surface area contributed by atoms with Crippen molar-refractivity contribution in [2.75, 3.05) is 13.2 Å². The average molecular weight is 1090 g/mol. The lowest BCUT2D eigenvalue weighted by atomic mass is 10.0. The van der Waals surface area contributed by atoms with Crippen LogP contribution in [0.4, 0.5) is 0 Å². The minimum Gasteiger partial charge on any atom is -0.462 e. The van der Waals surface area contributed by atoms with Crippen LogP contribution in [0.3, 0.4) is 0 Å². The van der Waals surface area contributed by atoms with Crippen LogP contribution in [-0.4, -0.2) is 37.2 Å². The van der Waals surface area contributed by atoms with E-state index in [1.165, 1.54) is 103 Å². The van der Waals surface area contributed by atoms with E-state index in [0.29, 0.717) is 19.3 Å². The van der Waals surface area contributed by atoms with Gasteiger partial charge < -0.3 is 14.2 Å². The summed E-state index contributed by atoms with van der Waals surface area (Å²) in [6, 6.07) is 0. The van der Waals surface area contributed by atoms with Crippen molar-refractivity contribution in [1.29, 1.82) is 0 Å². The number of unbranched alkanes of at least 4 members (excludes halogenated alkanes) is 25. The zero-order valence-electron chi connectivity index (χ0n) is 51.3. The molecule has 0 N–H and O–H groups in total. The van der Waals surface area contributed by atoms with E-state index in [2.05, 4.69) is 154 Å². The highest BCUT2D eigenvalue weighted by Gasteiger charge is 2.19. The number of hydrogen-bond donors (Lipinski definition) is 0. The van der Waals surface area contributed by atoms with Crippen LogP contribution in [0.15, 0.2) is 134 Å². The normalized spacial score (nSPS) is 13.0. The van der Waals surface area contributed by atoms with Crippen LogP contribution in [0.25, 0.3) is 0 Å². The molecule has 0 radical (unpaired) electrons. The summed E-state index contributed by atoms with van der Waals surface area (Å²) in [5, 5.41) is 0. The first-order chi connectivity index (χ1) is 39.0. The van der Waals surface area contributed by atoms with E-state index in [0.717, 1.165) is 148 Å². The monoisotopic (exact) mass is 1090 g/mol. The predicted octanol–water partition coefficient (Wildman–Crippen LogP) is 22.5. The van der Waals surface area contributed by atoms with E-state index in [1.807, 2.05) is 0 Å². The molecule has 0 aliphatic heterocycles. The number of ether oxygens (including phenoxy) is 3. The Kier molecular flexibility index (Phi) is 62.3. The van der Waals surface area contributed by atoms with E-state index >= 15 is 0 Å². The second kappa shape index (κ2) is 66.1. The van der Waals surface area contributed by atoms with Gasteiger partial charge in [-0.2, -0.15) is 0 Å². The number of hydrogen-bond acceptors (Lipinski definition) is 6. The molecule has 0 rings (SSSR count). The van der Waals surface area contributed by atoms with Crippen molar-refractivity contribution >= 4 is 17.9 Å². The maximum absolute atomic E-state index is 12.9. The molecule has 0 saturated carbocycles. The molecular formula is C73H120O6. The Bertz CT molecular complexity index is 1680. The summed E-state index contributed by atoms with van der Waals surface area (Å²) in [6.07, 6.45) is 93.1. The minimum absolute atomic E-state index is 0.0952. The molecule has 0 amide bonds. The van der Waals surface area contributed by atoms with Gasteiger partial charge in [-0.3, -0.25) is 14.4 Å². The molecule has 0 saturated heterocycles. The van der Waals surface area contributed by atoms with Crippen molar-refractivity contribution in [3.05, 3.63) is 134 Å². The SMILES string of the molecule is CC/C=C\C/C=C\C/C=C\C/C=C\C/C=C\C/C=C\C/C=C\C/C=C\C/C=C\CCCCCC(=O)OCC(COC(=O)CCCCCCCCCCCCCCCC)OC(=O)CCCCCCC/C=C\C/C=C\CCCCCC. The van der Waals surface area contributed by atoms with Gasteiger partial charge in [-0.15, -0.1) is 0 Å². The molecule has 0 bridgehead atoms. The van der Waals surface area contributed by atoms with Crippen LogP contribution < -0.4 is 0 Å². The first kappa shape index (κ1) is 74.5.